The summed E-state index contributed by atoms with van der Waals surface area (Å²) in [7, 11) is 3.10. The number of benzene rings is 1. The quantitative estimate of drug-likeness (QED) is 0.621. The van der Waals surface area contributed by atoms with E-state index in [0.717, 1.165) is 0 Å². The van der Waals surface area contributed by atoms with Gasteiger partial charge >= 0.3 is 5.97 Å². The normalized spacial score (nSPS) is 11.6. The fourth-order valence-electron chi connectivity index (χ4n) is 1.47. The zero-order valence-electron chi connectivity index (χ0n) is 11.3. The summed E-state index contributed by atoms with van der Waals surface area (Å²) < 4.78 is 9.74. The van der Waals surface area contributed by atoms with Gasteiger partial charge in [-0.05, 0) is 31.2 Å². The number of nitrogens with two attached hydrogens (primary N) is 1. The largest absolute Gasteiger partial charge is 0.497 e. The number of rotatable bonds is 5. The van der Waals surface area contributed by atoms with Gasteiger partial charge < -0.3 is 20.1 Å². The van der Waals surface area contributed by atoms with Crippen LogP contribution in [0.1, 0.15) is 6.92 Å². The van der Waals surface area contributed by atoms with Crippen molar-refractivity contribution >= 4 is 17.6 Å². The third-order valence-electron chi connectivity index (χ3n) is 2.60. The highest BCUT2D eigenvalue weighted by atomic mass is 16.5. The molecular formula is C13H18N2O4. The van der Waals surface area contributed by atoms with E-state index in [-0.39, 0.29) is 6.61 Å². The molecule has 0 bridgehead atoms. The van der Waals surface area contributed by atoms with E-state index in [1.807, 2.05) is 0 Å². The highest BCUT2D eigenvalue weighted by Crippen LogP contribution is 2.18. The van der Waals surface area contributed by atoms with Gasteiger partial charge in [0.1, 0.15) is 5.75 Å². The van der Waals surface area contributed by atoms with Crippen molar-refractivity contribution in [3.8, 4) is 5.75 Å². The fraction of sp³-hybridized carbons (Fsp3) is 0.385. The molecule has 0 fully saturated rings. The SMILES string of the molecule is CCOC(=O)C(N)C(=O)N(C)c1ccc(OC)cc1. The molecule has 0 radical (unpaired) electrons. The number of carbonyl (C=O) groups is 2. The van der Waals surface area contributed by atoms with Crippen LogP contribution in [0.3, 0.4) is 0 Å². The lowest BCUT2D eigenvalue weighted by molar-refractivity contribution is -0.147. The number of hydrogen-bond acceptors (Lipinski definition) is 5. The third-order valence-corrected chi connectivity index (χ3v) is 2.60. The Kier molecular flexibility index (Phi) is 5.32. The van der Waals surface area contributed by atoms with Crippen LogP contribution < -0.4 is 15.4 Å². The molecule has 1 amide bonds. The van der Waals surface area contributed by atoms with E-state index in [0.29, 0.717) is 11.4 Å². The molecule has 1 aromatic rings. The molecule has 1 unspecified atom stereocenters. The van der Waals surface area contributed by atoms with Crippen LogP contribution in [-0.4, -0.2) is 38.7 Å². The zero-order valence-corrected chi connectivity index (χ0v) is 11.3. The summed E-state index contributed by atoms with van der Waals surface area (Å²) in [5.41, 5.74) is 6.17. The van der Waals surface area contributed by atoms with Crippen molar-refractivity contribution in [2.45, 2.75) is 13.0 Å². The predicted octanol–water partition coefficient (Wildman–Crippen LogP) is 0.548. The predicted molar refractivity (Wildman–Crippen MR) is 71.0 cm³/mol. The Bertz CT molecular complexity index is 444. The van der Waals surface area contributed by atoms with E-state index in [4.69, 9.17) is 15.2 Å². The fourth-order valence-corrected chi connectivity index (χ4v) is 1.47. The summed E-state index contributed by atoms with van der Waals surface area (Å²) in [5.74, 6) is -0.573. The standard InChI is InChI=1S/C13H18N2O4/c1-4-19-13(17)11(14)12(16)15(2)9-5-7-10(18-3)8-6-9/h5-8,11H,4,14H2,1-3H3. The Morgan fingerprint density at radius 1 is 1.32 bits per heavy atom. The molecule has 0 spiro atoms. The molecule has 6 heteroatoms. The van der Waals surface area contributed by atoms with Crippen LogP contribution in [0.25, 0.3) is 0 Å². The minimum absolute atomic E-state index is 0.187. The molecule has 6 nitrogen and oxygen atoms in total. The number of ether oxygens (including phenoxy) is 2. The number of nitrogens with zero attached hydrogens (tertiary/aromatic N) is 1. The maximum atomic E-state index is 12.0. The molecule has 104 valence electrons. The van der Waals surface area contributed by atoms with Crippen molar-refractivity contribution in [3.63, 3.8) is 0 Å². The van der Waals surface area contributed by atoms with E-state index in [1.165, 1.54) is 4.90 Å². The lowest BCUT2D eigenvalue weighted by Gasteiger charge is -2.20. The third kappa shape index (κ3) is 3.69. The molecule has 0 heterocycles. The van der Waals surface area contributed by atoms with Gasteiger partial charge in [0.2, 0.25) is 0 Å². The topological polar surface area (TPSA) is 81.9 Å². The molecule has 19 heavy (non-hydrogen) atoms. The molecule has 0 aliphatic carbocycles. The number of carbonyl (C=O) groups excluding carboxylic acids is 2. The van der Waals surface area contributed by atoms with Crippen molar-refractivity contribution in [3.05, 3.63) is 24.3 Å². The lowest BCUT2D eigenvalue weighted by Crippen LogP contribution is -2.47. The molecule has 0 aliphatic rings. The summed E-state index contributed by atoms with van der Waals surface area (Å²) in [5, 5.41) is 0. The number of esters is 1. The number of amides is 1. The molecule has 0 aromatic heterocycles. The molecule has 0 aliphatic heterocycles. The maximum absolute atomic E-state index is 12.0. The van der Waals surface area contributed by atoms with Gasteiger partial charge in [-0.15, -0.1) is 0 Å². The van der Waals surface area contributed by atoms with Gasteiger partial charge in [-0.3, -0.25) is 4.79 Å². The number of methoxy groups -OCH3 is 1. The van der Waals surface area contributed by atoms with Crippen LogP contribution >= 0.6 is 0 Å². The van der Waals surface area contributed by atoms with Crippen LogP contribution in [-0.2, 0) is 14.3 Å². The van der Waals surface area contributed by atoms with Crippen molar-refractivity contribution in [1.82, 2.24) is 0 Å². The molecule has 1 rings (SSSR count). The highest BCUT2D eigenvalue weighted by molar-refractivity contribution is 6.09. The molecule has 1 atom stereocenters. The molecule has 1 aromatic carbocycles. The van der Waals surface area contributed by atoms with E-state index in [2.05, 4.69) is 0 Å². The minimum Gasteiger partial charge on any atom is -0.497 e. The van der Waals surface area contributed by atoms with Gasteiger partial charge in [-0.2, -0.15) is 0 Å². The smallest absolute Gasteiger partial charge is 0.332 e. The van der Waals surface area contributed by atoms with Crippen LogP contribution in [0.5, 0.6) is 5.75 Å². The summed E-state index contributed by atoms with van der Waals surface area (Å²) in [6.45, 7) is 1.84. The first-order valence-electron chi connectivity index (χ1n) is 5.85. The van der Waals surface area contributed by atoms with Gasteiger partial charge in [-0.25, -0.2) is 4.79 Å². The second kappa shape index (κ2) is 6.75. The Balaban J connectivity index is 2.77. The summed E-state index contributed by atoms with van der Waals surface area (Å²) in [6, 6.07) is 5.53. The Hall–Kier alpha value is -2.08. The van der Waals surface area contributed by atoms with E-state index in [1.54, 1.807) is 45.3 Å². The average molecular weight is 266 g/mol. The molecule has 0 saturated carbocycles. The number of likely N-dealkylation sites (N-methyl/N-ethyl adjacent to an activating group) is 1. The maximum Gasteiger partial charge on any atom is 0.332 e. The van der Waals surface area contributed by atoms with Crippen LogP contribution in [0.15, 0.2) is 24.3 Å². The molecule has 0 saturated heterocycles. The van der Waals surface area contributed by atoms with Gasteiger partial charge in [-0.1, -0.05) is 0 Å². The second-order valence-electron chi connectivity index (χ2n) is 3.82. The van der Waals surface area contributed by atoms with Crippen molar-refractivity contribution in [2.24, 2.45) is 5.73 Å². The van der Waals surface area contributed by atoms with Gasteiger partial charge in [0.15, 0.2) is 6.04 Å². The Morgan fingerprint density at radius 2 is 1.89 bits per heavy atom. The summed E-state index contributed by atoms with van der Waals surface area (Å²) >= 11 is 0. The number of hydrogen-bond donors (Lipinski definition) is 1. The highest BCUT2D eigenvalue weighted by Gasteiger charge is 2.27. The minimum atomic E-state index is -1.31. The van der Waals surface area contributed by atoms with E-state index in [9.17, 15) is 9.59 Å². The molecular weight excluding hydrogens is 248 g/mol. The van der Waals surface area contributed by atoms with E-state index >= 15 is 0 Å². The first-order valence-corrected chi connectivity index (χ1v) is 5.85. The Morgan fingerprint density at radius 3 is 2.37 bits per heavy atom. The lowest BCUT2D eigenvalue weighted by atomic mass is 10.2. The van der Waals surface area contributed by atoms with Crippen molar-refractivity contribution < 1.29 is 19.1 Å². The molecule has 2 N–H and O–H groups in total. The second-order valence-corrected chi connectivity index (χ2v) is 3.82. The zero-order chi connectivity index (χ0) is 14.4. The first kappa shape index (κ1) is 15.0. The monoisotopic (exact) mass is 266 g/mol. The first-order chi connectivity index (χ1) is 9.01. The summed E-state index contributed by atoms with van der Waals surface area (Å²) in [4.78, 5) is 24.7. The average Bonchev–Trinajstić information content (AvgIpc) is 2.45. The van der Waals surface area contributed by atoms with Crippen LogP contribution in [0, 0.1) is 0 Å². The Labute approximate surface area is 112 Å². The van der Waals surface area contributed by atoms with Crippen molar-refractivity contribution in [2.75, 3.05) is 25.7 Å². The summed E-state index contributed by atoms with van der Waals surface area (Å²) in [6.07, 6.45) is 0. The van der Waals surface area contributed by atoms with E-state index < -0.39 is 17.9 Å². The van der Waals surface area contributed by atoms with Crippen LogP contribution in [0.4, 0.5) is 5.69 Å². The van der Waals surface area contributed by atoms with Gasteiger partial charge in [0.05, 0.1) is 13.7 Å². The number of anilines is 1. The van der Waals surface area contributed by atoms with Crippen molar-refractivity contribution in [1.29, 1.82) is 0 Å². The van der Waals surface area contributed by atoms with Gasteiger partial charge in [0, 0.05) is 12.7 Å². The van der Waals surface area contributed by atoms with Gasteiger partial charge in [0.25, 0.3) is 5.91 Å². The van der Waals surface area contributed by atoms with Crippen LogP contribution in [0.2, 0.25) is 0 Å².